The van der Waals surface area contributed by atoms with Gasteiger partial charge in [0.05, 0.1) is 5.60 Å². The molecule has 3 N–H and O–H groups in total. The third-order valence-electron chi connectivity index (χ3n) is 2.62. The quantitative estimate of drug-likeness (QED) is 0.716. The first kappa shape index (κ1) is 15.4. The highest BCUT2D eigenvalue weighted by atomic mass is 16.3. The molecule has 1 atom stereocenters. The topological polar surface area (TPSA) is 87.1 Å². The Hall–Kier alpha value is -1.69. The smallest absolute Gasteiger partial charge is 0.271 e. The SMILES string of the molecule is CNC(=O)c1ccc(NCC(C)(O)CC(C)C)nn1. The van der Waals surface area contributed by atoms with E-state index < -0.39 is 5.60 Å². The summed E-state index contributed by atoms with van der Waals surface area (Å²) in [4.78, 5) is 11.3. The van der Waals surface area contributed by atoms with E-state index in [4.69, 9.17) is 0 Å². The van der Waals surface area contributed by atoms with Gasteiger partial charge in [0, 0.05) is 13.6 Å². The first-order chi connectivity index (χ1) is 8.84. The molecule has 106 valence electrons. The van der Waals surface area contributed by atoms with Crippen LogP contribution in [0.1, 0.15) is 37.7 Å². The minimum absolute atomic E-state index is 0.266. The molecule has 1 unspecified atom stereocenters. The lowest BCUT2D eigenvalue weighted by atomic mass is 9.94. The van der Waals surface area contributed by atoms with Crippen molar-refractivity contribution in [3.8, 4) is 0 Å². The lowest BCUT2D eigenvalue weighted by Gasteiger charge is -2.25. The van der Waals surface area contributed by atoms with Gasteiger partial charge in [-0.25, -0.2) is 0 Å². The van der Waals surface area contributed by atoms with Gasteiger partial charge >= 0.3 is 0 Å². The molecule has 0 spiro atoms. The van der Waals surface area contributed by atoms with Gasteiger partial charge in [0.1, 0.15) is 5.82 Å². The molecule has 0 aliphatic heterocycles. The number of nitrogens with zero attached hydrogens (tertiary/aromatic N) is 2. The van der Waals surface area contributed by atoms with Crippen molar-refractivity contribution in [3.05, 3.63) is 17.8 Å². The summed E-state index contributed by atoms with van der Waals surface area (Å²) in [6.45, 7) is 6.30. The Labute approximate surface area is 113 Å². The van der Waals surface area contributed by atoms with E-state index in [2.05, 4.69) is 34.7 Å². The second kappa shape index (κ2) is 6.47. The lowest BCUT2D eigenvalue weighted by Crippen LogP contribution is -2.35. The third-order valence-corrected chi connectivity index (χ3v) is 2.62. The largest absolute Gasteiger partial charge is 0.388 e. The summed E-state index contributed by atoms with van der Waals surface area (Å²) >= 11 is 0. The normalized spacial score (nSPS) is 14.0. The number of rotatable bonds is 6. The van der Waals surface area contributed by atoms with Crippen molar-refractivity contribution in [2.45, 2.75) is 32.8 Å². The molecule has 0 radical (unpaired) electrons. The van der Waals surface area contributed by atoms with Crippen LogP contribution in [0, 0.1) is 5.92 Å². The van der Waals surface area contributed by atoms with Crippen LogP contribution in [-0.2, 0) is 0 Å². The van der Waals surface area contributed by atoms with Crippen LogP contribution in [0.3, 0.4) is 0 Å². The number of aromatic nitrogens is 2. The van der Waals surface area contributed by atoms with Crippen molar-refractivity contribution >= 4 is 11.7 Å². The molecule has 0 bridgehead atoms. The van der Waals surface area contributed by atoms with Crippen molar-refractivity contribution in [1.29, 1.82) is 0 Å². The predicted molar refractivity (Wildman–Crippen MR) is 74.0 cm³/mol. The molecule has 1 aromatic rings. The van der Waals surface area contributed by atoms with E-state index >= 15 is 0 Å². The Balaban J connectivity index is 2.57. The van der Waals surface area contributed by atoms with E-state index in [1.54, 1.807) is 26.1 Å². The van der Waals surface area contributed by atoms with Gasteiger partial charge < -0.3 is 15.7 Å². The van der Waals surface area contributed by atoms with Crippen LogP contribution < -0.4 is 10.6 Å². The number of aliphatic hydroxyl groups is 1. The summed E-state index contributed by atoms with van der Waals surface area (Å²) < 4.78 is 0. The van der Waals surface area contributed by atoms with Gasteiger partial charge in [-0.05, 0) is 31.4 Å². The first-order valence-electron chi connectivity index (χ1n) is 6.36. The fourth-order valence-electron chi connectivity index (χ4n) is 1.91. The number of anilines is 1. The van der Waals surface area contributed by atoms with Gasteiger partial charge in [-0.1, -0.05) is 13.8 Å². The molecular formula is C13H22N4O2. The van der Waals surface area contributed by atoms with E-state index in [1.807, 2.05) is 0 Å². The van der Waals surface area contributed by atoms with Crippen molar-refractivity contribution in [3.63, 3.8) is 0 Å². The second-order valence-electron chi connectivity index (χ2n) is 5.33. The van der Waals surface area contributed by atoms with Crippen LogP contribution in [0.4, 0.5) is 5.82 Å². The summed E-state index contributed by atoms with van der Waals surface area (Å²) in [6.07, 6.45) is 0.698. The monoisotopic (exact) mass is 266 g/mol. The van der Waals surface area contributed by atoms with Crippen LogP contribution in [-0.4, -0.2) is 40.4 Å². The minimum atomic E-state index is -0.796. The predicted octanol–water partition coefficient (Wildman–Crippen LogP) is 1.05. The lowest BCUT2D eigenvalue weighted by molar-refractivity contribution is 0.0514. The molecular weight excluding hydrogens is 244 g/mol. The maximum absolute atomic E-state index is 11.3. The molecule has 0 fully saturated rings. The fourth-order valence-corrected chi connectivity index (χ4v) is 1.91. The Morgan fingerprint density at radius 2 is 2.11 bits per heavy atom. The molecule has 0 aliphatic rings. The zero-order valence-corrected chi connectivity index (χ0v) is 11.9. The molecule has 1 rings (SSSR count). The highest BCUT2D eigenvalue weighted by molar-refractivity contribution is 5.91. The van der Waals surface area contributed by atoms with Crippen molar-refractivity contribution in [2.75, 3.05) is 18.9 Å². The standard InChI is InChI=1S/C13H22N4O2/c1-9(2)7-13(3,19)8-15-11-6-5-10(16-17-11)12(18)14-4/h5-6,9,19H,7-8H2,1-4H3,(H,14,18)(H,15,17). The van der Waals surface area contributed by atoms with Crippen molar-refractivity contribution in [1.82, 2.24) is 15.5 Å². The average Bonchev–Trinajstić information content (AvgIpc) is 2.34. The molecule has 6 heteroatoms. The van der Waals surface area contributed by atoms with Gasteiger partial charge in [0.2, 0.25) is 0 Å². The van der Waals surface area contributed by atoms with Gasteiger partial charge in [-0.3, -0.25) is 4.79 Å². The van der Waals surface area contributed by atoms with Crippen molar-refractivity contribution in [2.24, 2.45) is 5.92 Å². The Morgan fingerprint density at radius 1 is 1.42 bits per heavy atom. The molecule has 0 saturated carbocycles. The zero-order valence-electron chi connectivity index (χ0n) is 11.9. The van der Waals surface area contributed by atoms with E-state index in [-0.39, 0.29) is 11.6 Å². The number of carbonyl (C=O) groups excluding carboxylic acids is 1. The fraction of sp³-hybridized carbons (Fsp3) is 0.615. The zero-order chi connectivity index (χ0) is 14.5. The molecule has 1 aromatic heterocycles. The van der Waals surface area contributed by atoms with Crippen molar-refractivity contribution < 1.29 is 9.90 Å². The molecule has 0 aromatic carbocycles. The van der Waals surface area contributed by atoms with E-state index in [0.29, 0.717) is 24.7 Å². The number of hydrogen-bond acceptors (Lipinski definition) is 5. The number of hydrogen-bond donors (Lipinski definition) is 3. The van der Waals surface area contributed by atoms with Gasteiger partial charge in [-0.2, -0.15) is 0 Å². The molecule has 0 aliphatic carbocycles. The van der Waals surface area contributed by atoms with E-state index in [0.717, 1.165) is 0 Å². The van der Waals surface area contributed by atoms with Gasteiger partial charge in [-0.15, -0.1) is 10.2 Å². The second-order valence-corrected chi connectivity index (χ2v) is 5.33. The van der Waals surface area contributed by atoms with E-state index in [9.17, 15) is 9.90 Å². The number of carbonyl (C=O) groups is 1. The summed E-state index contributed by atoms with van der Waals surface area (Å²) in [5.41, 5.74) is -0.531. The highest BCUT2D eigenvalue weighted by Gasteiger charge is 2.21. The average molecular weight is 266 g/mol. The molecule has 1 amide bonds. The van der Waals surface area contributed by atoms with E-state index in [1.165, 1.54) is 0 Å². The summed E-state index contributed by atoms with van der Waals surface area (Å²) in [6, 6.07) is 3.26. The molecule has 19 heavy (non-hydrogen) atoms. The highest BCUT2D eigenvalue weighted by Crippen LogP contribution is 2.16. The third kappa shape index (κ3) is 5.21. The van der Waals surface area contributed by atoms with Gasteiger partial charge in [0.25, 0.3) is 5.91 Å². The van der Waals surface area contributed by atoms with Crippen LogP contribution in [0.5, 0.6) is 0 Å². The molecule has 6 nitrogen and oxygen atoms in total. The Bertz CT molecular complexity index is 415. The maximum Gasteiger partial charge on any atom is 0.271 e. The number of amides is 1. The molecule has 0 saturated heterocycles. The molecule has 1 heterocycles. The minimum Gasteiger partial charge on any atom is -0.388 e. The van der Waals surface area contributed by atoms with Gasteiger partial charge in [0.15, 0.2) is 5.69 Å². The summed E-state index contributed by atoms with van der Waals surface area (Å²) in [5, 5.41) is 23.3. The Kier molecular flexibility index (Phi) is 5.23. The van der Waals surface area contributed by atoms with Crippen LogP contribution in [0.25, 0.3) is 0 Å². The summed E-state index contributed by atoms with van der Waals surface area (Å²) in [5.74, 6) is 0.682. The number of nitrogens with one attached hydrogen (secondary N) is 2. The Morgan fingerprint density at radius 3 is 2.58 bits per heavy atom. The van der Waals surface area contributed by atoms with Crippen LogP contribution in [0.2, 0.25) is 0 Å². The van der Waals surface area contributed by atoms with Crippen LogP contribution in [0.15, 0.2) is 12.1 Å². The van der Waals surface area contributed by atoms with Crippen LogP contribution >= 0.6 is 0 Å². The summed E-state index contributed by atoms with van der Waals surface area (Å²) in [7, 11) is 1.54. The maximum atomic E-state index is 11.3. The first-order valence-corrected chi connectivity index (χ1v) is 6.36.